The van der Waals surface area contributed by atoms with Gasteiger partial charge in [0.05, 0.1) is 0 Å². The molecule has 2 aromatic carbocycles. The van der Waals surface area contributed by atoms with E-state index >= 15 is 0 Å². The third-order valence-electron chi connectivity index (χ3n) is 5.60. The number of benzene rings is 2. The molecule has 28 heavy (non-hydrogen) atoms. The Kier molecular flexibility index (Phi) is 3.86. The lowest BCUT2D eigenvalue weighted by Crippen LogP contribution is -2.33. The summed E-state index contributed by atoms with van der Waals surface area (Å²) >= 11 is 0. The number of nitrogens with one attached hydrogen (secondary N) is 1. The average molecular weight is 374 g/mol. The van der Waals surface area contributed by atoms with E-state index in [0.29, 0.717) is 18.8 Å². The lowest BCUT2D eigenvalue weighted by molar-refractivity contribution is -0.116. The molecule has 5 rings (SSSR count). The standard InChI is InChI=1S/C22H19FN4O/c1-13-2-4-15(5-3-13)21-20-18(26-22-24-12-25-27(21)22)10-16(11-19(20)28)14-6-8-17(23)9-7-14/h2-9,12,16,21H,10-11H2,1H3,(H,24,25,26)/t16-,21-/m1/s1. The van der Waals surface area contributed by atoms with Crippen LogP contribution in [0, 0.1) is 12.7 Å². The van der Waals surface area contributed by atoms with Crippen molar-refractivity contribution in [3.8, 4) is 0 Å². The Hall–Kier alpha value is -3.28. The van der Waals surface area contributed by atoms with Crippen molar-refractivity contribution in [1.29, 1.82) is 0 Å². The van der Waals surface area contributed by atoms with E-state index in [9.17, 15) is 9.18 Å². The van der Waals surface area contributed by atoms with Crippen LogP contribution in [0.3, 0.4) is 0 Å². The van der Waals surface area contributed by atoms with E-state index < -0.39 is 0 Å². The first-order chi connectivity index (χ1) is 13.6. The number of hydrogen-bond acceptors (Lipinski definition) is 4. The number of Topliss-reactive ketones (excluding diaryl/α,β-unsaturated/α-hetero) is 1. The number of fused-ring (bicyclic) bond motifs is 1. The minimum absolute atomic E-state index is 0.0208. The normalized spacial score (nSPS) is 21.1. The minimum Gasteiger partial charge on any atom is -0.328 e. The summed E-state index contributed by atoms with van der Waals surface area (Å²) in [6.07, 6.45) is 2.59. The van der Waals surface area contributed by atoms with Crippen LogP contribution in [0.15, 0.2) is 66.1 Å². The van der Waals surface area contributed by atoms with E-state index in [2.05, 4.69) is 15.4 Å². The fourth-order valence-corrected chi connectivity index (χ4v) is 4.18. The maximum atomic E-state index is 13.3. The summed E-state index contributed by atoms with van der Waals surface area (Å²) in [6.45, 7) is 2.04. The van der Waals surface area contributed by atoms with Gasteiger partial charge in [0.25, 0.3) is 0 Å². The van der Waals surface area contributed by atoms with Crippen molar-refractivity contribution in [2.75, 3.05) is 5.32 Å². The van der Waals surface area contributed by atoms with Crippen molar-refractivity contribution in [3.05, 3.63) is 88.6 Å². The molecule has 0 fully saturated rings. The topological polar surface area (TPSA) is 59.8 Å². The van der Waals surface area contributed by atoms with Crippen LogP contribution in [-0.4, -0.2) is 20.5 Å². The van der Waals surface area contributed by atoms with Gasteiger partial charge in [0.15, 0.2) is 5.78 Å². The van der Waals surface area contributed by atoms with Crippen molar-refractivity contribution < 1.29 is 9.18 Å². The smallest absolute Gasteiger partial charge is 0.226 e. The Bertz CT molecular complexity index is 1080. The number of aryl methyl sites for hydroxylation is 1. The first-order valence-corrected chi connectivity index (χ1v) is 9.35. The molecule has 0 radical (unpaired) electrons. The molecule has 2 atom stereocenters. The van der Waals surface area contributed by atoms with Crippen molar-refractivity contribution in [1.82, 2.24) is 14.8 Å². The zero-order valence-corrected chi connectivity index (χ0v) is 15.4. The maximum Gasteiger partial charge on any atom is 0.226 e. The van der Waals surface area contributed by atoms with Crippen LogP contribution in [0.1, 0.15) is 41.5 Å². The molecular weight excluding hydrogens is 355 g/mol. The quantitative estimate of drug-likeness (QED) is 0.732. The largest absolute Gasteiger partial charge is 0.328 e. The molecule has 1 N–H and O–H groups in total. The number of carbonyl (C=O) groups excluding carboxylic acids is 1. The summed E-state index contributed by atoms with van der Waals surface area (Å²) in [4.78, 5) is 17.5. The van der Waals surface area contributed by atoms with Gasteiger partial charge in [-0.25, -0.2) is 9.07 Å². The van der Waals surface area contributed by atoms with E-state index in [1.54, 1.807) is 16.8 Å². The second kappa shape index (κ2) is 6.41. The van der Waals surface area contributed by atoms with Gasteiger partial charge in [-0.2, -0.15) is 10.1 Å². The maximum absolute atomic E-state index is 13.3. The highest BCUT2D eigenvalue weighted by atomic mass is 19.1. The summed E-state index contributed by atoms with van der Waals surface area (Å²) in [5, 5.41) is 7.67. The van der Waals surface area contributed by atoms with Crippen molar-refractivity contribution >= 4 is 11.7 Å². The van der Waals surface area contributed by atoms with Crippen molar-refractivity contribution in [3.63, 3.8) is 0 Å². The number of nitrogens with zero attached hydrogens (tertiary/aromatic N) is 3. The Morgan fingerprint density at radius 2 is 1.75 bits per heavy atom. The monoisotopic (exact) mass is 374 g/mol. The van der Waals surface area contributed by atoms with E-state index in [0.717, 1.165) is 28.0 Å². The summed E-state index contributed by atoms with van der Waals surface area (Å²) in [5.41, 5.74) is 4.79. The molecule has 0 amide bonds. The average Bonchev–Trinajstić information content (AvgIpc) is 3.16. The molecular formula is C22H19FN4O. The Morgan fingerprint density at radius 1 is 1.04 bits per heavy atom. The number of aromatic nitrogens is 3. The highest BCUT2D eigenvalue weighted by Gasteiger charge is 2.39. The number of allylic oxidation sites excluding steroid dienone is 2. The van der Waals surface area contributed by atoms with Gasteiger partial charge in [0.1, 0.15) is 18.2 Å². The summed E-state index contributed by atoms with van der Waals surface area (Å²) in [7, 11) is 0. The molecule has 0 bridgehead atoms. The third kappa shape index (κ3) is 2.72. The molecule has 0 saturated heterocycles. The Labute approximate surface area is 161 Å². The van der Waals surface area contributed by atoms with E-state index in [1.807, 2.05) is 31.2 Å². The van der Waals surface area contributed by atoms with Gasteiger partial charge in [0.2, 0.25) is 5.95 Å². The second-order valence-corrected chi connectivity index (χ2v) is 7.44. The van der Waals surface area contributed by atoms with Crippen LogP contribution < -0.4 is 5.32 Å². The lowest BCUT2D eigenvalue weighted by atomic mass is 9.78. The molecule has 140 valence electrons. The summed E-state index contributed by atoms with van der Waals surface area (Å²) in [5.74, 6) is 0.480. The van der Waals surface area contributed by atoms with Gasteiger partial charge in [-0.15, -0.1) is 0 Å². The molecule has 1 aliphatic carbocycles. The molecule has 5 nitrogen and oxygen atoms in total. The van der Waals surface area contributed by atoms with Crippen molar-refractivity contribution in [2.24, 2.45) is 0 Å². The first-order valence-electron chi connectivity index (χ1n) is 9.35. The molecule has 2 heterocycles. The van der Waals surface area contributed by atoms with Gasteiger partial charge >= 0.3 is 0 Å². The van der Waals surface area contributed by atoms with E-state index in [-0.39, 0.29) is 23.6 Å². The summed E-state index contributed by atoms with van der Waals surface area (Å²) in [6, 6.07) is 14.3. The number of ketones is 1. The Balaban J connectivity index is 1.58. The van der Waals surface area contributed by atoms with Crippen LogP contribution in [-0.2, 0) is 4.79 Å². The lowest BCUT2D eigenvalue weighted by Gasteiger charge is -2.35. The SMILES string of the molecule is Cc1ccc([C@@H]2C3=C(C[C@@H](c4ccc(F)cc4)CC3=O)Nc3ncnn32)cc1. The summed E-state index contributed by atoms with van der Waals surface area (Å²) < 4.78 is 15.1. The van der Waals surface area contributed by atoms with E-state index in [4.69, 9.17) is 0 Å². The number of rotatable bonds is 2. The predicted octanol–water partition coefficient (Wildman–Crippen LogP) is 4.14. The zero-order chi connectivity index (χ0) is 19.3. The fourth-order valence-electron chi connectivity index (χ4n) is 4.18. The van der Waals surface area contributed by atoms with Gasteiger partial charge < -0.3 is 5.32 Å². The van der Waals surface area contributed by atoms with Gasteiger partial charge in [-0.05, 0) is 42.5 Å². The molecule has 1 aromatic heterocycles. The van der Waals surface area contributed by atoms with Crippen LogP contribution in [0.25, 0.3) is 0 Å². The van der Waals surface area contributed by atoms with Crippen LogP contribution in [0.4, 0.5) is 10.3 Å². The number of anilines is 1. The van der Waals surface area contributed by atoms with Gasteiger partial charge in [0, 0.05) is 17.7 Å². The zero-order valence-electron chi connectivity index (χ0n) is 15.4. The van der Waals surface area contributed by atoms with Gasteiger partial charge in [-0.1, -0.05) is 42.0 Å². The first kappa shape index (κ1) is 16.9. The molecule has 0 saturated carbocycles. The van der Waals surface area contributed by atoms with Crippen LogP contribution >= 0.6 is 0 Å². The van der Waals surface area contributed by atoms with Crippen LogP contribution in [0.2, 0.25) is 0 Å². The highest BCUT2D eigenvalue weighted by molar-refractivity contribution is 6.00. The molecule has 0 unspecified atom stereocenters. The molecule has 3 aromatic rings. The third-order valence-corrected chi connectivity index (χ3v) is 5.60. The number of carbonyl (C=O) groups is 1. The molecule has 2 aliphatic rings. The molecule has 0 spiro atoms. The highest BCUT2D eigenvalue weighted by Crippen LogP contribution is 2.43. The van der Waals surface area contributed by atoms with Crippen LogP contribution in [0.5, 0.6) is 0 Å². The molecule has 6 heteroatoms. The van der Waals surface area contributed by atoms with Crippen molar-refractivity contribution in [2.45, 2.75) is 31.7 Å². The minimum atomic E-state index is -0.281. The fraction of sp³-hybridized carbons (Fsp3) is 0.227. The second-order valence-electron chi connectivity index (χ2n) is 7.44. The predicted molar refractivity (Wildman–Crippen MR) is 103 cm³/mol. The van der Waals surface area contributed by atoms with Gasteiger partial charge in [-0.3, -0.25) is 4.79 Å². The Morgan fingerprint density at radius 3 is 2.50 bits per heavy atom. The molecule has 1 aliphatic heterocycles. The number of hydrogen-bond donors (Lipinski definition) is 1. The number of halogens is 1. The van der Waals surface area contributed by atoms with E-state index in [1.165, 1.54) is 18.5 Å².